The molecular formula is C18H14Cl2N4OS. The first-order chi connectivity index (χ1) is 12.6. The molecule has 1 aromatic carbocycles. The maximum absolute atomic E-state index is 13.1. The van der Waals surface area contributed by atoms with E-state index in [-0.39, 0.29) is 11.9 Å². The summed E-state index contributed by atoms with van der Waals surface area (Å²) in [5, 5.41) is 1.85. The number of carbonyl (C=O) groups is 1. The Labute approximate surface area is 164 Å². The number of nitrogens with zero attached hydrogens (tertiary/aromatic N) is 4. The lowest BCUT2D eigenvalue weighted by Gasteiger charge is -2.26. The van der Waals surface area contributed by atoms with Crippen molar-refractivity contribution in [1.82, 2.24) is 19.9 Å². The minimum absolute atomic E-state index is 0.0591. The number of hydrogen-bond donors (Lipinski definition) is 0. The lowest BCUT2D eigenvalue weighted by molar-refractivity contribution is 0.0740. The van der Waals surface area contributed by atoms with Crippen molar-refractivity contribution in [2.75, 3.05) is 6.54 Å². The molecule has 0 aliphatic carbocycles. The number of aromatic nitrogens is 3. The van der Waals surface area contributed by atoms with E-state index in [9.17, 15) is 4.79 Å². The Morgan fingerprint density at radius 1 is 1.15 bits per heavy atom. The van der Waals surface area contributed by atoms with Crippen LogP contribution in [0.2, 0.25) is 10.0 Å². The summed E-state index contributed by atoms with van der Waals surface area (Å²) in [4.78, 5) is 28.1. The third kappa shape index (κ3) is 3.20. The molecule has 1 fully saturated rings. The van der Waals surface area contributed by atoms with Gasteiger partial charge in [-0.1, -0.05) is 29.3 Å². The van der Waals surface area contributed by atoms with E-state index in [2.05, 4.69) is 15.0 Å². The fourth-order valence-electron chi connectivity index (χ4n) is 3.18. The second kappa shape index (κ2) is 7.31. The van der Waals surface area contributed by atoms with Crippen LogP contribution in [0.1, 0.15) is 34.1 Å². The number of likely N-dealkylation sites (tertiary alicyclic amines) is 1. The zero-order chi connectivity index (χ0) is 18.1. The van der Waals surface area contributed by atoms with Gasteiger partial charge in [-0.05, 0) is 25.0 Å². The average Bonchev–Trinajstić information content (AvgIpc) is 3.32. The van der Waals surface area contributed by atoms with Crippen molar-refractivity contribution >= 4 is 40.4 Å². The van der Waals surface area contributed by atoms with Crippen molar-refractivity contribution in [2.45, 2.75) is 18.9 Å². The van der Waals surface area contributed by atoms with Gasteiger partial charge in [0.1, 0.15) is 15.6 Å². The first-order valence-electron chi connectivity index (χ1n) is 8.12. The second-order valence-corrected chi connectivity index (χ2v) is 7.76. The molecule has 1 aliphatic heterocycles. The molecule has 0 bridgehead atoms. The summed E-state index contributed by atoms with van der Waals surface area (Å²) >= 11 is 14.0. The summed E-state index contributed by atoms with van der Waals surface area (Å²) in [6.07, 6.45) is 8.19. The monoisotopic (exact) mass is 404 g/mol. The molecule has 5 nitrogen and oxygen atoms in total. The average molecular weight is 405 g/mol. The predicted molar refractivity (Wildman–Crippen MR) is 103 cm³/mol. The van der Waals surface area contributed by atoms with Gasteiger partial charge >= 0.3 is 0 Å². The molecular weight excluding hydrogens is 391 g/mol. The van der Waals surface area contributed by atoms with Gasteiger partial charge in [-0.3, -0.25) is 14.8 Å². The highest BCUT2D eigenvalue weighted by molar-refractivity contribution is 7.16. The van der Waals surface area contributed by atoms with Gasteiger partial charge in [-0.2, -0.15) is 0 Å². The smallest absolute Gasteiger partial charge is 0.266 e. The van der Waals surface area contributed by atoms with Crippen molar-refractivity contribution in [1.29, 1.82) is 0 Å². The van der Waals surface area contributed by atoms with Crippen LogP contribution >= 0.6 is 34.5 Å². The van der Waals surface area contributed by atoms with Gasteiger partial charge in [0, 0.05) is 34.5 Å². The van der Waals surface area contributed by atoms with Crippen LogP contribution in [0, 0.1) is 0 Å². The maximum Gasteiger partial charge on any atom is 0.266 e. The van der Waals surface area contributed by atoms with E-state index in [0.717, 1.165) is 18.4 Å². The number of rotatable bonds is 3. The van der Waals surface area contributed by atoms with Gasteiger partial charge < -0.3 is 4.90 Å². The highest BCUT2D eigenvalue weighted by Gasteiger charge is 2.34. The maximum atomic E-state index is 13.1. The van der Waals surface area contributed by atoms with Crippen LogP contribution in [0.3, 0.4) is 0 Å². The van der Waals surface area contributed by atoms with Crippen LogP contribution in [0.4, 0.5) is 0 Å². The van der Waals surface area contributed by atoms with Gasteiger partial charge in [0.25, 0.3) is 5.91 Å². The zero-order valence-corrected chi connectivity index (χ0v) is 15.9. The first-order valence-corrected chi connectivity index (χ1v) is 9.69. The molecule has 8 heteroatoms. The van der Waals surface area contributed by atoms with Gasteiger partial charge in [0.2, 0.25) is 0 Å². The lowest BCUT2D eigenvalue weighted by Crippen LogP contribution is -2.30. The van der Waals surface area contributed by atoms with Gasteiger partial charge in [-0.15, -0.1) is 11.3 Å². The van der Waals surface area contributed by atoms with Crippen LogP contribution in [-0.4, -0.2) is 32.3 Å². The highest BCUT2D eigenvalue weighted by Crippen LogP contribution is 2.41. The number of hydrogen-bond acceptors (Lipinski definition) is 5. The number of thiazole rings is 1. The molecule has 1 unspecified atom stereocenters. The standard InChI is InChI=1S/C18H14Cl2N4OS/c19-11-3-1-4-12(20)16(11)14-5-2-8-24(14)18(25)15-10-23-17(26-15)13-9-21-6-7-22-13/h1,3-4,6-7,9-10,14H,2,5,8H2. The zero-order valence-electron chi connectivity index (χ0n) is 13.6. The summed E-state index contributed by atoms with van der Waals surface area (Å²) < 4.78 is 0. The normalized spacial score (nSPS) is 16.8. The summed E-state index contributed by atoms with van der Waals surface area (Å²) in [6, 6.07) is 5.31. The second-order valence-electron chi connectivity index (χ2n) is 5.91. The minimum atomic E-state index is -0.120. The Morgan fingerprint density at radius 2 is 1.96 bits per heavy atom. The van der Waals surface area contributed by atoms with E-state index in [1.807, 2.05) is 23.1 Å². The Bertz CT molecular complexity index is 927. The van der Waals surface area contributed by atoms with Gasteiger partial charge in [0.15, 0.2) is 0 Å². The van der Waals surface area contributed by atoms with Gasteiger partial charge in [0.05, 0.1) is 18.4 Å². The molecule has 132 valence electrons. The lowest BCUT2D eigenvalue weighted by atomic mass is 10.0. The molecule has 1 atom stereocenters. The van der Waals surface area contributed by atoms with Crippen molar-refractivity contribution in [3.63, 3.8) is 0 Å². The summed E-state index contributed by atoms with van der Waals surface area (Å²) in [7, 11) is 0. The van der Waals surface area contributed by atoms with Crippen LogP contribution in [0.25, 0.3) is 10.7 Å². The highest BCUT2D eigenvalue weighted by atomic mass is 35.5. The van der Waals surface area contributed by atoms with Crippen molar-refractivity contribution in [2.24, 2.45) is 0 Å². The molecule has 1 aliphatic rings. The molecule has 1 saturated heterocycles. The topological polar surface area (TPSA) is 59.0 Å². The van der Waals surface area contributed by atoms with E-state index in [4.69, 9.17) is 23.2 Å². The molecule has 0 N–H and O–H groups in total. The van der Waals surface area contributed by atoms with Crippen LogP contribution in [-0.2, 0) is 0 Å². The molecule has 0 spiro atoms. The molecule has 26 heavy (non-hydrogen) atoms. The number of amides is 1. The fourth-order valence-corrected chi connectivity index (χ4v) is 4.66. The van der Waals surface area contributed by atoms with Crippen LogP contribution < -0.4 is 0 Å². The molecule has 4 rings (SSSR count). The SMILES string of the molecule is O=C(c1cnc(-c2cnccn2)s1)N1CCCC1c1c(Cl)cccc1Cl. The van der Waals surface area contributed by atoms with Crippen LogP contribution in [0.5, 0.6) is 0 Å². The van der Waals surface area contributed by atoms with E-state index >= 15 is 0 Å². The molecule has 3 aromatic rings. The van der Waals surface area contributed by atoms with E-state index < -0.39 is 0 Å². The van der Waals surface area contributed by atoms with Crippen LogP contribution in [0.15, 0.2) is 43.0 Å². The van der Waals surface area contributed by atoms with E-state index in [0.29, 0.717) is 32.2 Å². The Hall–Kier alpha value is -2.02. The van der Waals surface area contributed by atoms with E-state index in [1.54, 1.807) is 24.8 Å². The number of carbonyl (C=O) groups excluding carboxylic acids is 1. The third-order valence-electron chi connectivity index (χ3n) is 4.35. The van der Waals surface area contributed by atoms with Gasteiger partial charge in [-0.25, -0.2) is 4.98 Å². The Morgan fingerprint density at radius 3 is 2.69 bits per heavy atom. The molecule has 2 aromatic heterocycles. The van der Waals surface area contributed by atoms with E-state index in [1.165, 1.54) is 11.3 Å². The Balaban J connectivity index is 1.63. The molecule has 0 saturated carbocycles. The number of halogens is 2. The van der Waals surface area contributed by atoms with Crippen molar-refractivity contribution in [3.05, 3.63) is 63.5 Å². The third-order valence-corrected chi connectivity index (χ3v) is 6.01. The fraction of sp³-hybridized carbons (Fsp3) is 0.222. The minimum Gasteiger partial charge on any atom is -0.331 e. The summed E-state index contributed by atoms with van der Waals surface area (Å²) in [5.74, 6) is -0.0591. The first kappa shape index (κ1) is 17.4. The Kier molecular flexibility index (Phi) is 4.89. The van der Waals surface area contributed by atoms with Crippen molar-refractivity contribution in [3.8, 4) is 10.7 Å². The number of benzene rings is 1. The molecule has 3 heterocycles. The summed E-state index contributed by atoms with van der Waals surface area (Å²) in [5.41, 5.74) is 1.48. The molecule has 1 amide bonds. The largest absolute Gasteiger partial charge is 0.331 e. The quantitative estimate of drug-likeness (QED) is 0.623. The molecule has 0 radical (unpaired) electrons. The predicted octanol–water partition coefficient (Wildman–Crippen LogP) is 4.88. The summed E-state index contributed by atoms with van der Waals surface area (Å²) in [6.45, 7) is 0.670. The van der Waals surface area contributed by atoms with Crippen molar-refractivity contribution < 1.29 is 4.79 Å².